The molecule has 1 N–H and O–H groups in total. The van der Waals surface area contributed by atoms with Crippen molar-refractivity contribution in [3.05, 3.63) is 63.9 Å². The molecule has 2 aromatic rings. The number of anilines is 1. The van der Waals surface area contributed by atoms with Gasteiger partial charge in [-0.15, -0.1) is 0 Å². The van der Waals surface area contributed by atoms with E-state index in [1.807, 2.05) is 18.2 Å². The summed E-state index contributed by atoms with van der Waals surface area (Å²) in [7, 11) is 0. The molecule has 88 valence electrons. The van der Waals surface area contributed by atoms with Crippen molar-refractivity contribution in [3.8, 4) is 0 Å². The fraction of sp³-hybridized carbons (Fsp3) is 0.0769. The molecule has 0 aliphatic heterocycles. The van der Waals surface area contributed by atoms with Crippen LogP contribution in [0.3, 0.4) is 0 Å². The van der Waals surface area contributed by atoms with Crippen LogP contribution >= 0.6 is 23.2 Å². The smallest absolute Gasteiger partial charge is 0.129 e. The number of hydrogen-bond donors (Lipinski definition) is 1. The fourth-order valence-electron chi connectivity index (χ4n) is 1.49. The van der Waals surface area contributed by atoms with Crippen LogP contribution in [0.2, 0.25) is 10.0 Å². The minimum Gasteiger partial charge on any atom is -0.380 e. The van der Waals surface area contributed by atoms with E-state index in [-0.39, 0.29) is 5.82 Å². The molecule has 0 aliphatic carbocycles. The lowest BCUT2D eigenvalue weighted by Crippen LogP contribution is -2.02. The molecule has 0 bridgehead atoms. The highest BCUT2D eigenvalue weighted by Gasteiger charge is 2.07. The Labute approximate surface area is 109 Å². The molecule has 0 amide bonds. The third-order valence-electron chi connectivity index (χ3n) is 2.39. The van der Waals surface area contributed by atoms with Crippen LogP contribution in [-0.2, 0) is 6.54 Å². The summed E-state index contributed by atoms with van der Waals surface area (Å²) in [6, 6.07) is 11.9. The van der Waals surface area contributed by atoms with Crippen LogP contribution in [0.4, 0.5) is 10.1 Å². The average molecular weight is 270 g/mol. The molecule has 0 spiro atoms. The lowest BCUT2D eigenvalue weighted by atomic mass is 10.2. The molecule has 0 unspecified atom stereocenters. The summed E-state index contributed by atoms with van der Waals surface area (Å²) in [5.74, 6) is -0.322. The van der Waals surface area contributed by atoms with Crippen LogP contribution in [0.1, 0.15) is 5.56 Å². The highest BCUT2D eigenvalue weighted by atomic mass is 35.5. The van der Waals surface area contributed by atoms with Crippen molar-refractivity contribution in [3.63, 3.8) is 0 Å². The molecule has 1 nitrogen and oxygen atoms in total. The fourth-order valence-corrected chi connectivity index (χ4v) is 1.92. The zero-order valence-electron chi connectivity index (χ0n) is 8.88. The molecule has 0 heterocycles. The van der Waals surface area contributed by atoms with E-state index in [1.54, 1.807) is 18.2 Å². The minimum atomic E-state index is -0.322. The molecular weight excluding hydrogens is 260 g/mol. The molecule has 0 saturated carbocycles. The molecule has 0 atom stereocenters. The first-order chi connectivity index (χ1) is 8.18. The molecular formula is C13H10Cl2FN. The van der Waals surface area contributed by atoms with Gasteiger partial charge in [0.05, 0.1) is 10.7 Å². The third-order valence-corrected chi connectivity index (χ3v) is 3.07. The maximum atomic E-state index is 13.5. The second-order valence-electron chi connectivity index (χ2n) is 3.53. The summed E-state index contributed by atoms with van der Waals surface area (Å²) in [6.07, 6.45) is 0. The Balaban J connectivity index is 2.16. The van der Waals surface area contributed by atoms with Crippen molar-refractivity contribution in [2.24, 2.45) is 0 Å². The number of para-hydroxylation sites is 1. The van der Waals surface area contributed by atoms with Crippen molar-refractivity contribution in [2.75, 3.05) is 5.32 Å². The van der Waals surface area contributed by atoms with Gasteiger partial charge in [0.25, 0.3) is 0 Å². The van der Waals surface area contributed by atoms with E-state index in [4.69, 9.17) is 23.2 Å². The van der Waals surface area contributed by atoms with E-state index in [1.165, 1.54) is 6.07 Å². The highest BCUT2D eigenvalue weighted by molar-refractivity contribution is 6.33. The van der Waals surface area contributed by atoms with Gasteiger partial charge in [0.15, 0.2) is 0 Å². The molecule has 2 rings (SSSR count). The molecule has 0 radical (unpaired) electrons. The summed E-state index contributed by atoms with van der Waals surface area (Å²) in [4.78, 5) is 0. The summed E-state index contributed by atoms with van der Waals surface area (Å²) in [5.41, 5.74) is 1.20. The number of halogens is 3. The molecule has 0 fully saturated rings. The van der Waals surface area contributed by atoms with Gasteiger partial charge in [-0.1, -0.05) is 41.4 Å². The zero-order valence-corrected chi connectivity index (χ0v) is 10.4. The lowest BCUT2D eigenvalue weighted by molar-refractivity contribution is 0.613. The van der Waals surface area contributed by atoms with Crippen LogP contribution in [-0.4, -0.2) is 0 Å². The largest absolute Gasteiger partial charge is 0.380 e. The van der Waals surface area contributed by atoms with Crippen molar-refractivity contribution in [1.82, 2.24) is 0 Å². The number of hydrogen-bond acceptors (Lipinski definition) is 1. The number of benzene rings is 2. The summed E-state index contributed by atoms with van der Waals surface area (Å²) >= 11 is 11.9. The molecule has 0 aromatic heterocycles. The van der Waals surface area contributed by atoms with Crippen molar-refractivity contribution < 1.29 is 4.39 Å². The Kier molecular flexibility index (Phi) is 3.87. The Morgan fingerprint density at radius 3 is 2.35 bits per heavy atom. The highest BCUT2D eigenvalue weighted by Crippen LogP contribution is 2.24. The topological polar surface area (TPSA) is 12.0 Å². The second-order valence-corrected chi connectivity index (χ2v) is 4.35. The Morgan fingerprint density at radius 1 is 0.941 bits per heavy atom. The van der Waals surface area contributed by atoms with Crippen LogP contribution in [0.5, 0.6) is 0 Å². The second kappa shape index (κ2) is 5.39. The third kappa shape index (κ3) is 2.90. The quantitative estimate of drug-likeness (QED) is 0.849. The van der Waals surface area contributed by atoms with Crippen molar-refractivity contribution in [2.45, 2.75) is 6.54 Å². The van der Waals surface area contributed by atoms with Gasteiger partial charge in [-0.25, -0.2) is 4.39 Å². The maximum absolute atomic E-state index is 13.5. The number of rotatable bonds is 3. The normalized spacial score (nSPS) is 10.3. The maximum Gasteiger partial charge on any atom is 0.129 e. The Hall–Kier alpha value is -1.25. The van der Waals surface area contributed by atoms with Crippen LogP contribution < -0.4 is 5.32 Å². The number of nitrogens with one attached hydrogen (secondary N) is 1. The summed E-state index contributed by atoms with van der Waals surface area (Å²) in [5, 5.41) is 4.06. The predicted molar refractivity (Wildman–Crippen MR) is 70.2 cm³/mol. The first-order valence-corrected chi connectivity index (χ1v) is 5.85. The van der Waals surface area contributed by atoms with E-state index >= 15 is 0 Å². The average Bonchev–Trinajstić information content (AvgIpc) is 2.30. The van der Waals surface area contributed by atoms with Crippen molar-refractivity contribution >= 4 is 28.9 Å². The monoisotopic (exact) mass is 269 g/mol. The first-order valence-electron chi connectivity index (χ1n) is 5.10. The van der Waals surface area contributed by atoms with E-state index in [2.05, 4.69) is 5.32 Å². The Morgan fingerprint density at radius 2 is 1.65 bits per heavy atom. The van der Waals surface area contributed by atoms with Gasteiger partial charge in [-0.2, -0.15) is 0 Å². The van der Waals surface area contributed by atoms with E-state index in [0.29, 0.717) is 22.2 Å². The van der Waals surface area contributed by atoms with Crippen LogP contribution in [0.15, 0.2) is 42.5 Å². The molecule has 0 aliphatic rings. The standard InChI is InChI=1S/C13H10Cl2FN/c14-10-5-3-6-12(16)9(10)8-17-13-7-2-1-4-11(13)15/h1-7,17H,8H2. The zero-order chi connectivity index (χ0) is 12.3. The van der Waals surface area contributed by atoms with E-state index in [9.17, 15) is 4.39 Å². The summed E-state index contributed by atoms with van der Waals surface area (Å²) in [6.45, 7) is 0.301. The molecule has 0 saturated heterocycles. The van der Waals surface area contributed by atoms with Gasteiger partial charge in [0.1, 0.15) is 5.82 Å². The predicted octanol–water partition coefficient (Wildman–Crippen LogP) is 4.74. The van der Waals surface area contributed by atoms with Gasteiger partial charge in [0.2, 0.25) is 0 Å². The van der Waals surface area contributed by atoms with Gasteiger partial charge in [-0.3, -0.25) is 0 Å². The molecule has 17 heavy (non-hydrogen) atoms. The Bertz CT molecular complexity index is 508. The first kappa shape index (κ1) is 12.2. The van der Waals surface area contributed by atoms with E-state index in [0.717, 1.165) is 5.69 Å². The van der Waals surface area contributed by atoms with E-state index < -0.39 is 0 Å². The van der Waals surface area contributed by atoms with Gasteiger partial charge in [-0.05, 0) is 24.3 Å². The minimum absolute atomic E-state index is 0.301. The lowest BCUT2D eigenvalue weighted by Gasteiger charge is -2.10. The molecule has 4 heteroatoms. The van der Waals surface area contributed by atoms with Gasteiger partial charge >= 0.3 is 0 Å². The molecule has 2 aromatic carbocycles. The van der Waals surface area contributed by atoms with Gasteiger partial charge in [0, 0.05) is 17.1 Å². The SMILES string of the molecule is Fc1cccc(Cl)c1CNc1ccccc1Cl. The van der Waals surface area contributed by atoms with Gasteiger partial charge < -0.3 is 5.32 Å². The van der Waals surface area contributed by atoms with Crippen LogP contribution in [0.25, 0.3) is 0 Å². The van der Waals surface area contributed by atoms with Crippen LogP contribution in [0, 0.1) is 5.82 Å². The summed E-state index contributed by atoms with van der Waals surface area (Å²) < 4.78 is 13.5. The van der Waals surface area contributed by atoms with Crippen molar-refractivity contribution in [1.29, 1.82) is 0 Å².